The molecule has 0 aromatic heterocycles. The monoisotopic (exact) mass is 666 g/mol. The van der Waals surface area contributed by atoms with Crippen LogP contribution in [0.5, 0.6) is 0 Å². The normalized spacial score (nSPS) is 12.9. The fraction of sp³-hybridized carbons (Fsp3) is 0.357. The van der Waals surface area contributed by atoms with E-state index in [4.69, 9.17) is 4.98 Å². The van der Waals surface area contributed by atoms with E-state index in [1.54, 1.807) is 0 Å². The number of alkyl halides is 1. The number of hydrogen-bond donors (Lipinski definition) is 2. The number of nitrogens with zero attached hydrogens (tertiary/aromatic N) is 2. The highest BCUT2D eigenvalue weighted by Gasteiger charge is 2.20. The number of rotatable bonds is 13. The Balaban J connectivity index is 1.73. The molecule has 2 aromatic carbocycles. The average molecular weight is 668 g/mol. The maximum absolute atomic E-state index is 12.1. The highest BCUT2D eigenvalue weighted by Crippen LogP contribution is 2.31. The van der Waals surface area contributed by atoms with Gasteiger partial charge in [-0.1, -0.05) is 66.6 Å². The Labute approximate surface area is 247 Å². The molecule has 0 amide bonds. The van der Waals surface area contributed by atoms with Gasteiger partial charge in [-0.15, -0.1) is 11.3 Å². The quantitative estimate of drug-likeness (QED) is 0.0668. The number of hydrogen-bond acceptors (Lipinski definition) is 7. The van der Waals surface area contributed by atoms with Gasteiger partial charge >= 0.3 is 0 Å². The summed E-state index contributed by atoms with van der Waals surface area (Å²) in [5.41, 5.74) is 2.20. The Morgan fingerprint density at radius 2 is 1.48 bits per heavy atom. The number of para-hydroxylation sites is 1. The first kappa shape index (κ1) is 30.7. The second-order valence-corrected chi connectivity index (χ2v) is 14.3. The average Bonchev–Trinajstić information content (AvgIpc) is 2.90. The summed E-state index contributed by atoms with van der Waals surface area (Å²) in [6.07, 6.45) is 9.75. The maximum atomic E-state index is 12.1. The molecule has 1 aliphatic heterocycles. The predicted octanol–water partition coefficient (Wildman–Crippen LogP) is 7.19. The van der Waals surface area contributed by atoms with Crippen LogP contribution in [0, 0.1) is 0 Å². The molecular formula is C28H31BrN2O6S3. The lowest BCUT2D eigenvalue weighted by atomic mass is 10.0. The van der Waals surface area contributed by atoms with E-state index in [0.29, 0.717) is 11.8 Å². The molecule has 0 unspecified atom stereocenters. The zero-order valence-electron chi connectivity index (χ0n) is 21.8. The molecule has 214 valence electrons. The summed E-state index contributed by atoms with van der Waals surface area (Å²) in [6, 6.07) is 14.3. The Bertz CT molecular complexity index is 1740. The molecule has 0 bridgehead atoms. The van der Waals surface area contributed by atoms with Crippen LogP contribution in [0.15, 0.2) is 69.4 Å². The van der Waals surface area contributed by atoms with Crippen LogP contribution < -0.4 is 5.36 Å². The third-order valence-electron chi connectivity index (χ3n) is 6.56. The maximum Gasteiger partial charge on any atom is 0.296 e. The molecule has 2 aliphatic rings. The summed E-state index contributed by atoms with van der Waals surface area (Å²) < 4.78 is 68.0. The first-order valence-corrected chi connectivity index (χ1v) is 17.9. The lowest BCUT2D eigenvalue weighted by Gasteiger charge is -2.11. The van der Waals surface area contributed by atoms with Gasteiger partial charge in [-0.05, 0) is 67.3 Å². The van der Waals surface area contributed by atoms with Crippen molar-refractivity contribution >= 4 is 63.4 Å². The van der Waals surface area contributed by atoms with Gasteiger partial charge in [-0.25, -0.2) is 9.98 Å². The van der Waals surface area contributed by atoms with E-state index >= 15 is 0 Å². The van der Waals surface area contributed by atoms with Crippen LogP contribution in [-0.4, -0.2) is 36.3 Å². The summed E-state index contributed by atoms with van der Waals surface area (Å²) in [6.45, 7) is 0. The van der Waals surface area contributed by atoms with Crippen molar-refractivity contribution in [1.29, 1.82) is 0 Å². The Morgan fingerprint density at radius 3 is 2.15 bits per heavy atom. The van der Waals surface area contributed by atoms with Crippen molar-refractivity contribution < 1.29 is 25.9 Å². The van der Waals surface area contributed by atoms with Crippen LogP contribution in [0.3, 0.4) is 0 Å². The molecule has 0 saturated carbocycles. The Morgan fingerprint density at radius 1 is 0.800 bits per heavy atom. The highest BCUT2D eigenvalue weighted by atomic mass is 79.9. The molecule has 4 rings (SSSR count). The molecule has 12 heteroatoms. The van der Waals surface area contributed by atoms with Crippen molar-refractivity contribution in [3.05, 3.63) is 65.5 Å². The number of unbranched alkanes of at least 4 members (excludes halogenated alkanes) is 7. The first-order valence-electron chi connectivity index (χ1n) is 13.1. The van der Waals surface area contributed by atoms with Crippen molar-refractivity contribution in [3.8, 4) is 10.6 Å². The fourth-order valence-corrected chi connectivity index (χ4v) is 7.01. The van der Waals surface area contributed by atoms with Crippen LogP contribution in [-0.2, 0) is 26.7 Å². The van der Waals surface area contributed by atoms with E-state index in [1.807, 2.05) is 36.4 Å². The van der Waals surface area contributed by atoms with Crippen LogP contribution >= 0.6 is 27.3 Å². The standard InChI is InChI=1S/C28H31BrN2O6S3/c29-16-10-6-4-2-1-3-5-7-11-20-17-24-27(38-26-13-9-8-12-22(26)30-24)19-23(20)31-25-18-21(39(32,33)34)14-15-28(25)40(35,36)37/h8-9,12-15,17-19H,1-7,10-11,16H2,(H,32,33,34)(H,35,36,37). The smallest absolute Gasteiger partial charge is 0.282 e. The Kier molecular flexibility index (Phi) is 10.5. The Hall–Kier alpha value is -2.22. The van der Waals surface area contributed by atoms with Gasteiger partial charge < -0.3 is 0 Å². The molecule has 2 aromatic rings. The van der Waals surface area contributed by atoms with Crippen LogP contribution in [0.2, 0.25) is 0 Å². The van der Waals surface area contributed by atoms with E-state index in [-0.39, 0.29) is 5.69 Å². The summed E-state index contributed by atoms with van der Waals surface area (Å²) >= 11 is 4.98. The molecule has 1 aliphatic carbocycles. The van der Waals surface area contributed by atoms with Gasteiger partial charge in [0.1, 0.15) is 4.90 Å². The highest BCUT2D eigenvalue weighted by molar-refractivity contribution is 9.09. The zero-order chi connectivity index (χ0) is 28.8. The second-order valence-electron chi connectivity index (χ2n) is 9.59. The first-order chi connectivity index (χ1) is 19.1. The number of benzene rings is 3. The number of halogens is 1. The molecule has 1 heterocycles. The van der Waals surface area contributed by atoms with Crippen LogP contribution in [0.1, 0.15) is 56.9 Å². The van der Waals surface area contributed by atoms with Gasteiger partial charge in [-0.3, -0.25) is 9.11 Å². The van der Waals surface area contributed by atoms with Gasteiger partial charge in [0.15, 0.2) is 0 Å². The van der Waals surface area contributed by atoms with Gasteiger partial charge in [0.25, 0.3) is 20.2 Å². The lowest BCUT2D eigenvalue weighted by Crippen LogP contribution is -2.12. The van der Waals surface area contributed by atoms with Crippen LogP contribution in [0.4, 0.5) is 5.69 Å². The molecule has 0 spiro atoms. The van der Waals surface area contributed by atoms with Crippen LogP contribution in [0.25, 0.3) is 20.8 Å². The number of aromatic nitrogens is 1. The van der Waals surface area contributed by atoms with E-state index in [9.17, 15) is 25.9 Å². The molecule has 0 saturated heterocycles. The lowest BCUT2D eigenvalue weighted by molar-refractivity contribution is 0.478. The third kappa shape index (κ3) is 8.17. The fourth-order valence-electron chi connectivity index (χ4n) is 4.52. The summed E-state index contributed by atoms with van der Waals surface area (Å²) in [7, 11) is -9.34. The van der Waals surface area contributed by atoms with E-state index < -0.39 is 30.0 Å². The summed E-state index contributed by atoms with van der Waals surface area (Å²) in [5.74, 6) is 0. The molecule has 8 nitrogen and oxygen atoms in total. The zero-order valence-corrected chi connectivity index (χ0v) is 25.8. The predicted molar refractivity (Wildman–Crippen MR) is 162 cm³/mol. The van der Waals surface area contributed by atoms with E-state index in [2.05, 4.69) is 20.9 Å². The van der Waals surface area contributed by atoms with E-state index in [1.165, 1.54) is 43.4 Å². The summed E-state index contributed by atoms with van der Waals surface area (Å²) in [5, 5.41) is 1.50. The minimum Gasteiger partial charge on any atom is -0.282 e. The molecule has 0 fully saturated rings. The molecule has 0 radical (unpaired) electrons. The van der Waals surface area contributed by atoms with Gasteiger partial charge in [0.05, 0.1) is 36.7 Å². The summed E-state index contributed by atoms with van der Waals surface area (Å²) in [4.78, 5) is 9.08. The van der Waals surface area contributed by atoms with Crippen molar-refractivity contribution in [2.75, 3.05) is 5.33 Å². The third-order valence-corrected chi connectivity index (χ3v) is 9.99. The SMILES string of the molecule is O=S(=O)(O)c1ccc(S(=O)(=O)O)c(N=c2cc3sc4ccccc4nc-3cc2CCCCCCCCCCBr)c1. The number of fused-ring (bicyclic) bond motifs is 2. The van der Waals surface area contributed by atoms with E-state index in [0.717, 1.165) is 69.1 Å². The van der Waals surface area contributed by atoms with Crippen molar-refractivity contribution in [1.82, 2.24) is 4.98 Å². The molecule has 40 heavy (non-hydrogen) atoms. The van der Waals surface area contributed by atoms with Crippen molar-refractivity contribution in [2.45, 2.75) is 67.6 Å². The second kappa shape index (κ2) is 13.6. The van der Waals surface area contributed by atoms with Gasteiger partial charge in [-0.2, -0.15) is 16.8 Å². The minimum absolute atomic E-state index is 0.277. The number of aryl methyl sites for hydroxylation is 1. The molecular weight excluding hydrogens is 636 g/mol. The largest absolute Gasteiger partial charge is 0.296 e. The van der Waals surface area contributed by atoms with Gasteiger partial charge in [0.2, 0.25) is 0 Å². The van der Waals surface area contributed by atoms with Crippen molar-refractivity contribution in [3.63, 3.8) is 0 Å². The van der Waals surface area contributed by atoms with Crippen molar-refractivity contribution in [2.24, 2.45) is 4.99 Å². The van der Waals surface area contributed by atoms with Gasteiger partial charge in [0, 0.05) is 5.33 Å². The topological polar surface area (TPSA) is 134 Å². The minimum atomic E-state index is -4.72. The molecule has 2 N–H and O–H groups in total. The molecule has 0 atom stereocenters.